The number of benzene rings is 11. The van der Waals surface area contributed by atoms with E-state index < -0.39 is 0 Å². The maximum absolute atomic E-state index is 5.77. The lowest BCUT2D eigenvalue weighted by atomic mass is 9.87. The Morgan fingerprint density at radius 1 is 0.300 bits per heavy atom. The van der Waals surface area contributed by atoms with Crippen LogP contribution < -0.4 is 0 Å². The lowest BCUT2D eigenvalue weighted by Gasteiger charge is -2.17. The zero-order valence-electron chi connectivity index (χ0n) is 43.0. The van der Waals surface area contributed by atoms with E-state index in [4.69, 9.17) is 29.9 Å². The summed E-state index contributed by atoms with van der Waals surface area (Å²) >= 11 is 0. The fraction of sp³-hybridized carbons (Fsp3) is 0.0278. The fourth-order valence-electron chi connectivity index (χ4n) is 13.0. The van der Waals surface area contributed by atoms with Gasteiger partial charge in [-0.25, -0.2) is 29.9 Å². The second-order valence-corrected chi connectivity index (χ2v) is 20.9. The van der Waals surface area contributed by atoms with Crippen molar-refractivity contribution in [2.75, 3.05) is 0 Å². The van der Waals surface area contributed by atoms with Gasteiger partial charge in [0.05, 0.1) is 0 Å². The predicted molar refractivity (Wildman–Crippen MR) is 328 cm³/mol. The van der Waals surface area contributed by atoms with E-state index in [9.17, 15) is 0 Å². The van der Waals surface area contributed by atoms with Crippen LogP contribution in [0, 0.1) is 0 Å². The number of nitrogens with zero attached hydrogens (tertiary/aromatic N) is 6. The van der Waals surface area contributed by atoms with Crippen molar-refractivity contribution in [3.63, 3.8) is 0 Å². The molecule has 3 aliphatic rings. The van der Waals surface area contributed by atoms with Crippen LogP contribution in [0.25, 0.3) is 173 Å². The highest BCUT2D eigenvalue weighted by Gasteiger charge is 2.30. The van der Waals surface area contributed by atoms with Crippen LogP contribution in [0.4, 0.5) is 0 Å². The molecule has 2 N–H and O–H groups in total. The van der Waals surface area contributed by atoms with E-state index in [0.717, 1.165) is 133 Å². The zero-order chi connectivity index (χ0) is 52.4. The molecule has 0 spiro atoms. The molecule has 2 aliphatic heterocycles. The van der Waals surface area contributed by atoms with Crippen molar-refractivity contribution in [2.45, 2.75) is 12.8 Å². The van der Waals surface area contributed by atoms with Gasteiger partial charge in [0, 0.05) is 66.1 Å². The normalized spacial score (nSPS) is 12.6. The summed E-state index contributed by atoms with van der Waals surface area (Å²) in [5.41, 5.74) is 17.1. The SMILES string of the molecule is C1=Cc2c(cc3c4nc5nc(nc6[nH]c(nc7nc(nc([nH]4)c3c2-c2ccccc2)-c2cc3ccccc3c(-c3ccccc3)c2-7)c2cc3ccccc3c(-c3ccccc3)c62)-c2cc3ccccc3c(-c3ccccc3)c2-5)CC1. The average Bonchev–Trinajstić information content (AvgIpc) is 4.33. The smallest absolute Gasteiger partial charge is 0.165 e. The van der Waals surface area contributed by atoms with Crippen LogP contribution in [0.1, 0.15) is 17.5 Å². The standard InChI is InChI=1S/C72H44N8/c1-5-21-41(22-6-1)57-49-33-17-13-29-45(49)37-53-61(57)69-73-65(53)78-70-63-55(39-47-31-15-19-35-51(47)59(63)43-25-9-3-10-26-43)67(75-70)80-72-64-56(40-48-32-16-20-36-52(48)60(64)44-27-11-4-12-28-44)68(76-72)79-71-62-54(66(74-71)77-69)38-46-30-14-18-34-50(46)58(62)42-23-7-2-8-24-42/h1-15,17-31,33-40H,16,32H2,(H2,73,74,75,76,77,78,79,80). The van der Waals surface area contributed by atoms with Gasteiger partial charge >= 0.3 is 0 Å². The molecule has 80 heavy (non-hydrogen) atoms. The first-order valence-electron chi connectivity index (χ1n) is 27.3. The van der Waals surface area contributed by atoms with E-state index >= 15 is 0 Å². The Morgan fingerprint density at radius 2 is 0.688 bits per heavy atom. The van der Waals surface area contributed by atoms with Gasteiger partial charge in [-0.15, -0.1) is 0 Å². The van der Waals surface area contributed by atoms with E-state index in [0.29, 0.717) is 45.9 Å². The molecule has 0 atom stereocenters. The van der Waals surface area contributed by atoms with E-state index in [-0.39, 0.29) is 0 Å². The van der Waals surface area contributed by atoms with Gasteiger partial charge in [0.25, 0.3) is 0 Å². The second kappa shape index (κ2) is 17.4. The molecule has 14 aromatic rings. The molecule has 1 aliphatic carbocycles. The Labute approximate surface area is 458 Å². The number of H-pyrrole nitrogens is 2. The molecule has 0 amide bonds. The molecule has 3 aromatic heterocycles. The van der Waals surface area contributed by atoms with Crippen LogP contribution in [0.5, 0.6) is 0 Å². The minimum atomic E-state index is 0.543. The predicted octanol–water partition coefficient (Wildman–Crippen LogP) is 18.0. The van der Waals surface area contributed by atoms with Crippen molar-refractivity contribution in [3.8, 4) is 90.1 Å². The minimum Gasteiger partial charge on any atom is -0.324 e. The summed E-state index contributed by atoms with van der Waals surface area (Å²) < 4.78 is 0. The lowest BCUT2D eigenvalue weighted by Crippen LogP contribution is -1.98. The highest BCUT2D eigenvalue weighted by molar-refractivity contribution is 6.22. The Kier molecular flexibility index (Phi) is 9.67. The van der Waals surface area contributed by atoms with Crippen molar-refractivity contribution in [2.24, 2.45) is 0 Å². The van der Waals surface area contributed by atoms with Crippen LogP contribution in [0.15, 0.2) is 224 Å². The topological polar surface area (TPSA) is 109 Å². The number of fused-ring (bicyclic) bond motifs is 24. The van der Waals surface area contributed by atoms with Gasteiger partial charge in [0.15, 0.2) is 23.3 Å². The number of nitrogens with one attached hydrogen (secondary N) is 2. The Morgan fingerprint density at radius 3 is 1.19 bits per heavy atom. The van der Waals surface area contributed by atoms with Gasteiger partial charge in [-0.2, -0.15) is 0 Å². The second-order valence-electron chi connectivity index (χ2n) is 20.9. The summed E-state index contributed by atoms with van der Waals surface area (Å²) in [5, 5.41) is 10.3. The average molecular weight is 1020 g/mol. The molecule has 5 heterocycles. The largest absolute Gasteiger partial charge is 0.324 e. The van der Waals surface area contributed by atoms with Crippen molar-refractivity contribution < 1.29 is 0 Å². The first-order valence-corrected chi connectivity index (χ1v) is 27.3. The van der Waals surface area contributed by atoms with Crippen LogP contribution in [0.3, 0.4) is 0 Å². The number of allylic oxidation sites excluding steroid dienone is 1. The summed E-state index contributed by atoms with van der Waals surface area (Å²) in [4.78, 5) is 42.0. The molecule has 8 nitrogen and oxygen atoms in total. The lowest BCUT2D eigenvalue weighted by molar-refractivity contribution is 0.990. The number of aryl methyl sites for hydroxylation is 1. The molecular formula is C72H44N8. The molecule has 0 saturated carbocycles. The van der Waals surface area contributed by atoms with Gasteiger partial charge in [-0.05, 0) is 103 Å². The summed E-state index contributed by atoms with van der Waals surface area (Å²) in [6.45, 7) is 0. The van der Waals surface area contributed by atoms with E-state index in [1.165, 1.54) is 11.1 Å². The third-order valence-electron chi connectivity index (χ3n) is 16.4. The summed E-state index contributed by atoms with van der Waals surface area (Å²) in [6, 6.07) is 77.4. The summed E-state index contributed by atoms with van der Waals surface area (Å²) in [7, 11) is 0. The quantitative estimate of drug-likeness (QED) is 0.182. The number of hydrogen-bond acceptors (Lipinski definition) is 6. The maximum atomic E-state index is 5.77. The van der Waals surface area contributed by atoms with E-state index in [2.05, 4.69) is 241 Å². The zero-order valence-corrected chi connectivity index (χ0v) is 43.0. The van der Waals surface area contributed by atoms with Crippen LogP contribution in [-0.2, 0) is 6.42 Å². The number of aromatic amines is 2. The molecule has 11 aromatic carbocycles. The Balaban J connectivity index is 1.12. The van der Waals surface area contributed by atoms with Gasteiger partial charge in [-0.1, -0.05) is 206 Å². The first kappa shape index (κ1) is 44.4. The van der Waals surface area contributed by atoms with Gasteiger partial charge < -0.3 is 9.97 Å². The van der Waals surface area contributed by atoms with Crippen molar-refractivity contribution in [3.05, 3.63) is 236 Å². The molecule has 372 valence electrons. The summed E-state index contributed by atoms with van der Waals surface area (Å²) in [6.07, 6.45) is 6.41. The number of rotatable bonds is 4. The summed E-state index contributed by atoms with van der Waals surface area (Å²) in [5.74, 6) is 2.18. The Hall–Kier alpha value is -10.7. The van der Waals surface area contributed by atoms with E-state index in [1.54, 1.807) is 0 Å². The third kappa shape index (κ3) is 6.75. The van der Waals surface area contributed by atoms with Crippen LogP contribution in [0.2, 0.25) is 0 Å². The Bertz CT molecular complexity index is 5160. The fourth-order valence-corrected chi connectivity index (χ4v) is 13.0. The van der Waals surface area contributed by atoms with E-state index in [1.807, 2.05) is 0 Å². The molecule has 0 saturated heterocycles. The number of aromatic nitrogens is 8. The maximum Gasteiger partial charge on any atom is 0.165 e. The van der Waals surface area contributed by atoms with Crippen molar-refractivity contribution in [1.82, 2.24) is 39.9 Å². The first-order chi connectivity index (χ1) is 39.7. The van der Waals surface area contributed by atoms with Gasteiger partial charge in [0.1, 0.15) is 22.6 Å². The monoisotopic (exact) mass is 1020 g/mol. The van der Waals surface area contributed by atoms with Gasteiger partial charge in [-0.3, -0.25) is 0 Å². The van der Waals surface area contributed by atoms with Crippen molar-refractivity contribution >= 4 is 82.5 Å². The molecule has 17 rings (SSSR count). The van der Waals surface area contributed by atoms with Crippen LogP contribution >= 0.6 is 0 Å². The minimum absolute atomic E-state index is 0.543. The highest BCUT2D eigenvalue weighted by Crippen LogP contribution is 2.50. The molecular weight excluding hydrogens is 977 g/mol. The van der Waals surface area contributed by atoms with Crippen LogP contribution in [-0.4, -0.2) is 39.9 Å². The number of hydrogen-bond donors (Lipinski definition) is 2. The van der Waals surface area contributed by atoms with Gasteiger partial charge in [0.2, 0.25) is 0 Å². The third-order valence-corrected chi connectivity index (χ3v) is 16.4. The molecule has 8 bridgehead atoms. The molecule has 0 fully saturated rings. The molecule has 0 radical (unpaired) electrons. The highest BCUT2D eigenvalue weighted by atomic mass is 15.1. The molecule has 8 heteroatoms. The van der Waals surface area contributed by atoms with Crippen molar-refractivity contribution in [1.29, 1.82) is 0 Å². The molecule has 0 unspecified atom stereocenters.